The molecule has 5 nitrogen and oxygen atoms in total. The minimum Gasteiger partial charge on any atom is -0.480 e. The van der Waals surface area contributed by atoms with Crippen molar-refractivity contribution in [1.82, 2.24) is 5.32 Å². The van der Waals surface area contributed by atoms with E-state index in [1.54, 1.807) is 0 Å². The van der Waals surface area contributed by atoms with Gasteiger partial charge in [-0.05, 0) is 37.2 Å². The Balaban J connectivity index is 1.73. The Hall–Kier alpha value is -1.88. The summed E-state index contributed by atoms with van der Waals surface area (Å²) in [4.78, 5) is 23.3. The van der Waals surface area contributed by atoms with Gasteiger partial charge in [0.05, 0.1) is 0 Å². The molecule has 0 saturated carbocycles. The van der Waals surface area contributed by atoms with Crippen LogP contribution in [-0.4, -0.2) is 36.2 Å². The van der Waals surface area contributed by atoms with Crippen molar-refractivity contribution in [1.29, 1.82) is 0 Å². The first-order chi connectivity index (χ1) is 11.1. The number of hydrogen-bond acceptors (Lipinski definition) is 3. The van der Waals surface area contributed by atoms with E-state index >= 15 is 0 Å². The molecule has 23 heavy (non-hydrogen) atoms. The maximum Gasteiger partial charge on any atom is 0.326 e. The number of amides is 1. The molecule has 2 N–H and O–H groups in total. The molecule has 1 saturated heterocycles. The minimum absolute atomic E-state index is 0.180. The summed E-state index contributed by atoms with van der Waals surface area (Å²) in [6.45, 7) is 1.63. The van der Waals surface area contributed by atoms with Crippen molar-refractivity contribution in [2.75, 3.05) is 13.2 Å². The van der Waals surface area contributed by atoms with E-state index in [9.17, 15) is 14.7 Å². The Morgan fingerprint density at radius 2 is 1.91 bits per heavy atom. The molecule has 0 unspecified atom stereocenters. The molecule has 126 valence electrons. The van der Waals surface area contributed by atoms with Gasteiger partial charge in [0.25, 0.3) is 0 Å². The van der Waals surface area contributed by atoms with Gasteiger partial charge < -0.3 is 15.2 Å². The summed E-state index contributed by atoms with van der Waals surface area (Å²) in [5, 5.41) is 11.9. The molecule has 1 aliphatic heterocycles. The second-order valence-electron chi connectivity index (χ2n) is 6.10. The molecule has 0 aliphatic carbocycles. The second-order valence-corrected chi connectivity index (χ2v) is 6.10. The van der Waals surface area contributed by atoms with E-state index in [-0.39, 0.29) is 5.91 Å². The van der Waals surface area contributed by atoms with E-state index in [1.165, 1.54) is 0 Å². The summed E-state index contributed by atoms with van der Waals surface area (Å²) in [5.41, 5.74) is 0.905. The highest BCUT2D eigenvalue weighted by Gasteiger charge is 2.20. The number of ether oxygens (including phenoxy) is 1. The van der Waals surface area contributed by atoms with Gasteiger partial charge >= 0.3 is 5.97 Å². The van der Waals surface area contributed by atoms with Gasteiger partial charge in [-0.2, -0.15) is 0 Å². The minimum atomic E-state index is -0.994. The van der Waals surface area contributed by atoms with E-state index in [4.69, 9.17) is 4.74 Å². The van der Waals surface area contributed by atoms with Crippen LogP contribution in [0.2, 0.25) is 0 Å². The maximum atomic E-state index is 12.0. The van der Waals surface area contributed by atoms with E-state index in [0.29, 0.717) is 18.8 Å². The summed E-state index contributed by atoms with van der Waals surface area (Å²) in [5.74, 6) is -0.539. The average Bonchev–Trinajstić information content (AvgIpc) is 2.56. The lowest BCUT2D eigenvalue weighted by atomic mass is 9.94. The lowest BCUT2D eigenvalue weighted by molar-refractivity contribution is -0.141. The molecule has 5 heteroatoms. The van der Waals surface area contributed by atoms with Crippen molar-refractivity contribution in [2.45, 2.75) is 44.6 Å². The first-order valence-corrected chi connectivity index (χ1v) is 8.29. The van der Waals surface area contributed by atoms with Crippen LogP contribution in [-0.2, 0) is 20.7 Å². The predicted molar refractivity (Wildman–Crippen MR) is 87.1 cm³/mol. The van der Waals surface area contributed by atoms with Gasteiger partial charge in [0.2, 0.25) is 5.91 Å². The van der Waals surface area contributed by atoms with Gasteiger partial charge in [0.1, 0.15) is 6.04 Å². The molecule has 1 aromatic rings. The molecule has 1 aliphatic rings. The van der Waals surface area contributed by atoms with Gasteiger partial charge in [-0.15, -0.1) is 0 Å². The highest BCUT2D eigenvalue weighted by Crippen LogP contribution is 2.20. The fraction of sp³-hybridized carbons (Fsp3) is 0.556. The van der Waals surface area contributed by atoms with Crippen LogP contribution >= 0.6 is 0 Å². The van der Waals surface area contributed by atoms with Crippen molar-refractivity contribution in [2.24, 2.45) is 5.92 Å². The summed E-state index contributed by atoms with van der Waals surface area (Å²) in [6, 6.07) is 8.48. The predicted octanol–water partition coefficient (Wildman–Crippen LogP) is 2.40. The molecule has 0 spiro atoms. The molecular formula is C18H25NO4. The number of carbonyl (C=O) groups excluding carboxylic acids is 1. The Labute approximate surface area is 137 Å². The van der Waals surface area contributed by atoms with Crippen LogP contribution < -0.4 is 5.32 Å². The van der Waals surface area contributed by atoms with Crippen molar-refractivity contribution < 1.29 is 19.4 Å². The van der Waals surface area contributed by atoms with Crippen LogP contribution in [0.5, 0.6) is 0 Å². The fourth-order valence-corrected chi connectivity index (χ4v) is 2.90. The number of aliphatic carboxylic acids is 1. The van der Waals surface area contributed by atoms with Crippen LogP contribution in [0.1, 0.15) is 37.7 Å². The number of hydrogen-bond donors (Lipinski definition) is 2. The molecular weight excluding hydrogens is 294 g/mol. The standard InChI is InChI=1S/C18H25NO4/c20-17(8-4-7-14-9-11-23-12-10-14)19-16(18(21)22)13-15-5-2-1-3-6-15/h1-3,5-6,14,16H,4,7-13H2,(H,19,20)(H,21,22)/t16-/m1/s1. The first kappa shape index (κ1) is 17.5. The van der Waals surface area contributed by atoms with Crippen LogP contribution in [0.3, 0.4) is 0 Å². The van der Waals surface area contributed by atoms with Gasteiger partial charge in [-0.25, -0.2) is 4.79 Å². The highest BCUT2D eigenvalue weighted by atomic mass is 16.5. The van der Waals surface area contributed by atoms with Gasteiger partial charge in [0, 0.05) is 26.1 Å². The Morgan fingerprint density at radius 3 is 2.57 bits per heavy atom. The largest absolute Gasteiger partial charge is 0.480 e. The molecule has 1 atom stereocenters. The second kappa shape index (κ2) is 9.30. The van der Waals surface area contributed by atoms with Gasteiger partial charge in [-0.1, -0.05) is 30.3 Å². The van der Waals surface area contributed by atoms with Crippen LogP contribution in [0.25, 0.3) is 0 Å². The SMILES string of the molecule is O=C(CCCC1CCOCC1)N[C@H](Cc1ccccc1)C(=O)O. The van der Waals surface area contributed by atoms with E-state index in [1.807, 2.05) is 30.3 Å². The quantitative estimate of drug-likeness (QED) is 0.771. The lowest BCUT2D eigenvalue weighted by Crippen LogP contribution is -2.42. The molecule has 0 aromatic heterocycles. The molecule has 1 aromatic carbocycles. The zero-order valence-corrected chi connectivity index (χ0v) is 13.4. The number of carboxylic acids is 1. The summed E-state index contributed by atoms with van der Waals surface area (Å²) in [7, 11) is 0. The normalized spacial score (nSPS) is 16.7. The third kappa shape index (κ3) is 6.40. The summed E-state index contributed by atoms with van der Waals surface area (Å²) < 4.78 is 5.32. The summed E-state index contributed by atoms with van der Waals surface area (Å²) >= 11 is 0. The zero-order chi connectivity index (χ0) is 16.5. The number of carboxylic acid groups (broad SMARTS) is 1. The smallest absolute Gasteiger partial charge is 0.326 e. The zero-order valence-electron chi connectivity index (χ0n) is 13.4. The molecule has 1 heterocycles. The topological polar surface area (TPSA) is 75.6 Å². The van der Waals surface area contributed by atoms with Crippen LogP contribution in [0.15, 0.2) is 30.3 Å². The maximum absolute atomic E-state index is 12.0. The number of rotatable bonds is 8. The van der Waals surface area contributed by atoms with Crippen molar-refractivity contribution in [3.63, 3.8) is 0 Å². The molecule has 1 fully saturated rings. The molecule has 0 bridgehead atoms. The van der Waals surface area contributed by atoms with Crippen LogP contribution in [0.4, 0.5) is 0 Å². The third-order valence-electron chi connectivity index (χ3n) is 4.27. The molecule has 1 amide bonds. The average molecular weight is 319 g/mol. The van der Waals surface area contributed by atoms with E-state index in [0.717, 1.165) is 44.5 Å². The fourth-order valence-electron chi connectivity index (χ4n) is 2.90. The van der Waals surface area contributed by atoms with Crippen LogP contribution in [0, 0.1) is 5.92 Å². The van der Waals surface area contributed by atoms with E-state index in [2.05, 4.69) is 5.32 Å². The summed E-state index contributed by atoms with van der Waals surface area (Å²) in [6.07, 6.45) is 4.62. The van der Waals surface area contributed by atoms with Gasteiger partial charge in [-0.3, -0.25) is 4.79 Å². The Morgan fingerprint density at radius 1 is 1.22 bits per heavy atom. The number of benzene rings is 1. The number of carbonyl (C=O) groups is 2. The highest BCUT2D eigenvalue weighted by molar-refractivity contribution is 5.83. The Kier molecular flexibility index (Phi) is 7.07. The first-order valence-electron chi connectivity index (χ1n) is 8.29. The monoisotopic (exact) mass is 319 g/mol. The Bertz CT molecular complexity index is 497. The van der Waals surface area contributed by atoms with Crippen molar-refractivity contribution in [3.05, 3.63) is 35.9 Å². The van der Waals surface area contributed by atoms with Gasteiger partial charge in [0.15, 0.2) is 0 Å². The molecule has 0 radical (unpaired) electrons. The van der Waals surface area contributed by atoms with E-state index < -0.39 is 12.0 Å². The number of nitrogens with one attached hydrogen (secondary N) is 1. The third-order valence-corrected chi connectivity index (χ3v) is 4.27. The lowest BCUT2D eigenvalue weighted by Gasteiger charge is -2.21. The van der Waals surface area contributed by atoms with Crippen molar-refractivity contribution in [3.8, 4) is 0 Å². The molecule has 2 rings (SSSR count). The van der Waals surface area contributed by atoms with Crippen molar-refractivity contribution >= 4 is 11.9 Å².